The second kappa shape index (κ2) is 6.86. The lowest BCUT2D eigenvalue weighted by molar-refractivity contribution is -0.137. The highest BCUT2D eigenvalue weighted by Gasteiger charge is 2.31. The molecule has 0 aliphatic rings. The van der Waals surface area contributed by atoms with E-state index in [0.29, 0.717) is 6.20 Å². The number of alkyl halides is 3. The zero-order chi connectivity index (χ0) is 17.0. The van der Waals surface area contributed by atoms with E-state index in [1.165, 1.54) is 0 Å². The van der Waals surface area contributed by atoms with Crippen LogP contribution in [0.4, 0.5) is 19.0 Å². The number of amides is 1. The van der Waals surface area contributed by atoms with Crippen molar-refractivity contribution in [1.29, 1.82) is 0 Å². The van der Waals surface area contributed by atoms with Crippen molar-refractivity contribution in [2.24, 2.45) is 0 Å². The first kappa shape index (κ1) is 17.1. The van der Waals surface area contributed by atoms with Gasteiger partial charge in [0, 0.05) is 25.0 Å². The molecule has 2 heterocycles. The van der Waals surface area contributed by atoms with Gasteiger partial charge < -0.3 is 10.6 Å². The highest BCUT2D eigenvalue weighted by Crippen LogP contribution is 2.32. The number of carbonyl (C=O) groups excluding carboxylic acids is 1. The van der Waals surface area contributed by atoms with Crippen LogP contribution in [0.2, 0.25) is 5.02 Å². The summed E-state index contributed by atoms with van der Waals surface area (Å²) in [6, 6.07) is 2.39. The number of rotatable bonds is 5. The van der Waals surface area contributed by atoms with Crippen LogP contribution in [-0.2, 0) is 6.18 Å². The molecule has 0 aromatic carbocycles. The Hall–Kier alpha value is -2.29. The van der Waals surface area contributed by atoms with Gasteiger partial charge in [0.05, 0.1) is 10.6 Å². The highest BCUT2D eigenvalue weighted by molar-refractivity contribution is 6.32. The Bertz CT molecular complexity index is 701. The minimum absolute atomic E-state index is 0.115. The van der Waals surface area contributed by atoms with Crippen LogP contribution in [0.15, 0.2) is 18.3 Å². The molecule has 0 saturated heterocycles. The Kier molecular flexibility index (Phi) is 5.09. The largest absolute Gasteiger partial charge is 0.417 e. The molecule has 0 aliphatic carbocycles. The molecule has 0 spiro atoms. The molecule has 0 bridgehead atoms. The van der Waals surface area contributed by atoms with E-state index < -0.39 is 11.7 Å². The van der Waals surface area contributed by atoms with Gasteiger partial charge in [-0.15, -0.1) is 0 Å². The zero-order valence-corrected chi connectivity index (χ0v) is 12.7. The number of hydrogen-bond donors (Lipinski definition) is 3. The zero-order valence-electron chi connectivity index (χ0n) is 12.0. The minimum Gasteiger partial charge on any atom is -0.367 e. The topological polar surface area (TPSA) is 82.7 Å². The number of aromatic amines is 1. The lowest BCUT2D eigenvalue weighted by Crippen LogP contribution is -2.29. The molecular formula is C13H13ClF3N5O. The predicted molar refractivity (Wildman–Crippen MR) is 78.4 cm³/mol. The summed E-state index contributed by atoms with van der Waals surface area (Å²) in [5.41, 5.74) is 0.0949. The lowest BCUT2D eigenvalue weighted by atomic mass is 10.3. The maximum absolute atomic E-state index is 12.5. The van der Waals surface area contributed by atoms with Gasteiger partial charge in [-0.3, -0.25) is 9.89 Å². The molecule has 10 heteroatoms. The Morgan fingerprint density at radius 3 is 2.65 bits per heavy atom. The van der Waals surface area contributed by atoms with Gasteiger partial charge in [0.1, 0.15) is 11.5 Å². The monoisotopic (exact) mass is 347 g/mol. The number of anilines is 1. The van der Waals surface area contributed by atoms with Crippen LogP contribution in [0.25, 0.3) is 0 Å². The molecule has 0 saturated carbocycles. The molecule has 0 unspecified atom stereocenters. The molecule has 1 amide bonds. The molecular weight excluding hydrogens is 335 g/mol. The number of pyridine rings is 1. The number of H-pyrrole nitrogens is 1. The number of carbonyl (C=O) groups is 1. The van der Waals surface area contributed by atoms with Crippen LogP contribution in [0.3, 0.4) is 0 Å². The summed E-state index contributed by atoms with van der Waals surface area (Å²) in [5, 5.41) is 11.7. The molecule has 2 aromatic heterocycles. The van der Waals surface area contributed by atoms with E-state index in [0.717, 1.165) is 11.8 Å². The average molecular weight is 348 g/mol. The van der Waals surface area contributed by atoms with Crippen molar-refractivity contribution in [3.8, 4) is 0 Å². The summed E-state index contributed by atoms with van der Waals surface area (Å²) in [6.07, 6.45) is -3.80. The third kappa shape index (κ3) is 4.59. The van der Waals surface area contributed by atoms with E-state index in [-0.39, 0.29) is 35.5 Å². The van der Waals surface area contributed by atoms with Crippen molar-refractivity contribution in [1.82, 2.24) is 20.5 Å². The van der Waals surface area contributed by atoms with Crippen LogP contribution in [0.5, 0.6) is 0 Å². The van der Waals surface area contributed by atoms with E-state index in [9.17, 15) is 18.0 Å². The van der Waals surface area contributed by atoms with E-state index in [1.54, 1.807) is 13.0 Å². The van der Waals surface area contributed by atoms with Gasteiger partial charge in [-0.05, 0) is 19.1 Å². The fourth-order valence-electron chi connectivity index (χ4n) is 1.70. The van der Waals surface area contributed by atoms with Gasteiger partial charge in [-0.25, -0.2) is 4.98 Å². The number of aromatic nitrogens is 3. The quantitative estimate of drug-likeness (QED) is 0.726. The van der Waals surface area contributed by atoms with Gasteiger partial charge in [-0.2, -0.15) is 18.3 Å². The van der Waals surface area contributed by atoms with E-state index in [4.69, 9.17) is 11.6 Å². The van der Waals surface area contributed by atoms with E-state index in [2.05, 4.69) is 25.8 Å². The van der Waals surface area contributed by atoms with Crippen LogP contribution >= 0.6 is 11.6 Å². The predicted octanol–water partition coefficient (Wildman–Crippen LogP) is 2.63. The van der Waals surface area contributed by atoms with Gasteiger partial charge in [-0.1, -0.05) is 11.6 Å². The summed E-state index contributed by atoms with van der Waals surface area (Å²) in [7, 11) is 0. The van der Waals surface area contributed by atoms with Crippen molar-refractivity contribution in [3.63, 3.8) is 0 Å². The number of aryl methyl sites for hydroxylation is 1. The fourth-order valence-corrected chi connectivity index (χ4v) is 1.94. The fraction of sp³-hybridized carbons (Fsp3) is 0.308. The highest BCUT2D eigenvalue weighted by atomic mass is 35.5. The van der Waals surface area contributed by atoms with Gasteiger partial charge in [0.15, 0.2) is 0 Å². The second-order valence-corrected chi connectivity index (χ2v) is 5.08. The van der Waals surface area contributed by atoms with Gasteiger partial charge >= 0.3 is 6.18 Å². The second-order valence-electron chi connectivity index (χ2n) is 4.67. The Morgan fingerprint density at radius 1 is 1.35 bits per heavy atom. The van der Waals surface area contributed by atoms with Crippen molar-refractivity contribution >= 4 is 23.3 Å². The molecule has 3 N–H and O–H groups in total. The first-order chi connectivity index (χ1) is 10.8. The Morgan fingerprint density at radius 2 is 2.09 bits per heavy atom. The molecule has 0 aliphatic heterocycles. The third-order valence-corrected chi connectivity index (χ3v) is 3.10. The maximum Gasteiger partial charge on any atom is 0.417 e. The van der Waals surface area contributed by atoms with Crippen molar-refractivity contribution in [3.05, 3.63) is 40.3 Å². The van der Waals surface area contributed by atoms with Gasteiger partial charge in [0.2, 0.25) is 0 Å². The van der Waals surface area contributed by atoms with Crippen LogP contribution < -0.4 is 10.6 Å². The minimum atomic E-state index is -4.50. The maximum atomic E-state index is 12.5. The third-order valence-electron chi connectivity index (χ3n) is 2.81. The summed E-state index contributed by atoms with van der Waals surface area (Å²) >= 11 is 5.75. The summed E-state index contributed by atoms with van der Waals surface area (Å²) in [6.45, 7) is 2.24. The van der Waals surface area contributed by atoms with Crippen molar-refractivity contribution < 1.29 is 18.0 Å². The summed E-state index contributed by atoms with van der Waals surface area (Å²) in [4.78, 5) is 15.3. The van der Waals surface area contributed by atoms with E-state index >= 15 is 0 Å². The van der Waals surface area contributed by atoms with Crippen molar-refractivity contribution in [2.75, 3.05) is 18.4 Å². The van der Waals surface area contributed by atoms with Gasteiger partial charge in [0.25, 0.3) is 5.91 Å². The molecule has 23 heavy (non-hydrogen) atoms. The van der Waals surface area contributed by atoms with E-state index in [1.807, 2.05) is 0 Å². The first-order valence-electron chi connectivity index (χ1n) is 6.54. The molecule has 0 atom stereocenters. The smallest absolute Gasteiger partial charge is 0.367 e. The SMILES string of the molecule is Cc1cc(C(=O)NCCNc2ncc(C(F)(F)F)cc2Cl)n[nH]1. The van der Waals surface area contributed by atoms with Crippen LogP contribution in [-0.4, -0.2) is 34.2 Å². The normalized spacial score (nSPS) is 11.3. The number of hydrogen-bond acceptors (Lipinski definition) is 4. The van der Waals surface area contributed by atoms with Crippen LogP contribution in [0, 0.1) is 6.92 Å². The number of nitrogens with one attached hydrogen (secondary N) is 3. The first-order valence-corrected chi connectivity index (χ1v) is 6.92. The molecule has 2 aromatic rings. The molecule has 2 rings (SSSR count). The van der Waals surface area contributed by atoms with Crippen molar-refractivity contribution in [2.45, 2.75) is 13.1 Å². The standard InChI is InChI=1S/C13H13ClF3N5O/c1-7-4-10(22-21-7)12(23)19-3-2-18-11-9(14)5-8(6-20-11)13(15,16)17/h4-6H,2-3H2,1H3,(H,18,20)(H,19,23)(H,21,22). The Labute approximate surface area is 134 Å². The number of halogens is 4. The summed E-state index contributed by atoms with van der Waals surface area (Å²) < 4.78 is 37.4. The molecule has 6 nitrogen and oxygen atoms in total. The molecule has 0 radical (unpaired) electrons. The lowest BCUT2D eigenvalue weighted by Gasteiger charge is -2.11. The molecule has 0 fully saturated rings. The molecule has 124 valence electrons. The van der Waals surface area contributed by atoms with Crippen LogP contribution in [0.1, 0.15) is 21.7 Å². The summed E-state index contributed by atoms with van der Waals surface area (Å²) in [5.74, 6) is -0.243. The Balaban J connectivity index is 1.83. The number of nitrogens with zero attached hydrogens (tertiary/aromatic N) is 2. The average Bonchev–Trinajstić information content (AvgIpc) is 2.90.